The van der Waals surface area contributed by atoms with E-state index in [1.54, 1.807) is 0 Å². The molecule has 0 aromatic heterocycles. The first kappa shape index (κ1) is 13.2. The fraction of sp³-hybridized carbons (Fsp3) is 0.333. The minimum atomic E-state index is -0.824. The zero-order valence-corrected chi connectivity index (χ0v) is 12.6. The number of benzene rings is 2. The van der Waals surface area contributed by atoms with Crippen molar-refractivity contribution in [1.29, 1.82) is 0 Å². The van der Waals surface area contributed by atoms with E-state index in [-0.39, 0.29) is 11.2 Å². The maximum Gasteiger partial charge on any atom is 0.0719 e. The van der Waals surface area contributed by atoms with Crippen molar-refractivity contribution >= 4 is 10.8 Å². The van der Waals surface area contributed by atoms with Gasteiger partial charge in [-0.05, 0) is 28.7 Å². The average molecular weight is 298 g/mol. The van der Waals surface area contributed by atoms with Gasteiger partial charge in [-0.3, -0.25) is 4.21 Å². The Balaban J connectivity index is 1.82. The highest BCUT2D eigenvalue weighted by Gasteiger charge is 2.36. The summed E-state index contributed by atoms with van der Waals surface area (Å²) in [6.07, 6.45) is 0.925. The number of hydrogen-bond acceptors (Lipinski definition) is 2. The van der Waals surface area contributed by atoms with E-state index in [2.05, 4.69) is 48.5 Å². The molecule has 3 heteroatoms. The first-order valence-electron chi connectivity index (χ1n) is 7.45. The molecular formula is C18H18O2S. The van der Waals surface area contributed by atoms with Crippen LogP contribution in [-0.4, -0.2) is 16.6 Å². The van der Waals surface area contributed by atoms with E-state index in [1.165, 1.54) is 22.3 Å². The van der Waals surface area contributed by atoms with Crippen LogP contribution in [0.4, 0.5) is 0 Å². The van der Waals surface area contributed by atoms with E-state index in [4.69, 9.17) is 4.74 Å². The smallest absolute Gasteiger partial charge is 0.0719 e. The summed E-state index contributed by atoms with van der Waals surface area (Å²) in [5.41, 5.74) is 5.17. The second-order valence-electron chi connectivity index (χ2n) is 5.77. The van der Waals surface area contributed by atoms with Gasteiger partial charge in [-0.2, -0.15) is 0 Å². The summed E-state index contributed by atoms with van der Waals surface area (Å²) >= 11 is 0. The molecule has 2 aliphatic heterocycles. The molecule has 0 saturated heterocycles. The van der Waals surface area contributed by atoms with Gasteiger partial charge in [0.2, 0.25) is 0 Å². The molecule has 0 fully saturated rings. The Morgan fingerprint density at radius 1 is 0.952 bits per heavy atom. The lowest BCUT2D eigenvalue weighted by atomic mass is 9.85. The Labute approximate surface area is 127 Å². The van der Waals surface area contributed by atoms with Crippen molar-refractivity contribution in [1.82, 2.24) is 0 Å². The molecule has 0 aliphatic carbocycles. The van der Waals surface area contributed by atoms with Crippen LogP contribution in [0.2, 0.25) is 0 Å². The molecule has 0 radical (unpaired) electrons. The number of aryl methyl sites for hydroxylation is 1. The molecule has 0 spiro atoms. The van der Waals surface area contributed by atoms with Gasteiger partial charge in [0.25, 0.3) is 0 Å². The zero-order chi connectivity index (χ0) is 14.2. The molecule has 108 valence electrons. The summed E-state index contributed by atoms with van der Waals surface area (Å²) in [7, 11) is -0.824. The Hall–Kier alpha value is -1.45. The van der Waals surface area contributed by atoms with E-state index in [0.29, 0.717) is 13.2 Å². The quantitative estimate of drug-likeness (QED) is 0.807. The van der Waals surface area contributed by atoms with Crippen molar-refractivity contribution in [2.75, 3.05) is 12.4 Å². The Morgan fingerprint density at radius 3 is 2.52 bits per heavy atom. The molecule has 2 aliphatic rings. The standard InChI is InChI=1S/C18H18O2S/c19-21-10-9-13-5-1-4-8-16(13)18(21)17-12-20-11-14-6-2-3-7-15(14)17/h1-8,17-18H,9-12H2. The van der Waals surface area contributed by atoms with Gasteiger partial charge in [0.15, 0.2) is 0 Å². The third-order valence-corrected chi connectivity index (χ3v) is 6.35. The highest BCUT2D eigenvalue weighted by atomic mass is 32.2. The number of rotatable bonds is 1. The van der Waals surface area contributed by atoms with Crippen molar-refractivity contribution < 1.29 is 8.95 Å². The summed E-state index contributed by atoms with van der Waals surface area (Å²) in [6.45, 7) is 1.34. The van der Waals surface area contributed by atoms with E-state index < -0.39 is 10.8 Å². The molecule has 2 aromatic carbocycles. The molecule has 2 nitrogen and oxygen atoms in total. The number of fused-ring (bicyclic) bond motifs is 2. The van der Waals surface area contributed by atoms with Crippen LogP contribution in [-0.2, 0) is 28.6 Å². The minimum absolute atomic E-state index is 0.0661. The molecule has 0 saturated carbocycles. The third kappa shape index (κ3) is 2.25. The van der Waals surface area contributed by atoms with Crippen molar-refractivity contribution in [2.45, 2.75) is 24.2 Å². The minimum Gasteiger partial charge on any atom is -0.376 e. The lowest BCUT2D eigenvalue weighted by Gasteiger charge is -2.35. The van der Waals surface area contributed by atoms with Crippen molar-refractivity contribution in [2.24, 2.45) is 0 Å². The molecule has 2 heterocycles. The van der Waals surface area contributed by atoms with Crippen LogP contribution in [0, 0.1) is 0 Å². The van der Waals surface area contributed by atoms with Crippen LogP contribution in [0.5, 0.6) is 0 Å². The van der Waals surface area contributed by atoms with Crippen LogP contribution < -0.4 is 0 Å². The molecule has 4 rings (SSSR count). The topological polar surface area (TPSA) is 26.3 Å². The maximum atomic E-state index is 12.7. The first-order chi connectivity index (χ1) is 10.3. The van der Waals surface area contributed by atoms with Gasteiger partial charge in [0, 0.05) is 22.5 Å². The van der Waals surface area contributed by atoms with Crippen LogP contribution in [0.3, 0.4) is 0 Å². The van der Waals surface area contributed by atoms with E-state index in [1.807, 2.05) is 0 Å². The average Bonchev–Trinajstić information content (AvgIpc) is 2.54. The predicted molar refractivity (Wildman–Crippen MR) is 84.7 cm³/mol. The van der Waals surface area contributed by atoms with Gasteiger partial charge < -0.3 is 4.74 Å². The third-order valence-electron chi connectivity index (χ3n) is 4.59. The van der Waals surface area contributed by atoms with E-state index >= 15 is 0 Å². The summed E-state index contributed by atoms with van der Waals surface area (Å²) < 4.78 is 18.5. The van der Waals surface area contributed by atoms with Crippen molar-refractivity contribution in [3.05, 3.63) is 70.8 Å². The fourth-order valence-electron chi connectivity index (χ4n) is 3.58. The van der Waals surface area contributed by atoms with Gasteiger partial charge in [-0.15, -0.1) is 0 Å². The van der Waals surface area contributed by atoms with Gasteiger partial charge in [0.1, 0.15) is 0 Å². The summed E-state index contributed by atoms with van der Waals surface area (Å²) in [5.74, 6) is 0.970. The Morgan fingerprint density at radius 2 is 1.67 bits per heavy atom. The fourth-order valence-corrected chi connectivity index (χ4v) is 5.36. The maximum absolute atomic E-state index is 12.7. The zero-order valence-electron chi connectivity index (χ0n) is 11.8. The van der Waals surface area contributed by atoms with Crippen molar-refractivity contribution in [3.8, 4) is 0 Å². The van der Waals surface area contributed by atoms with Crippen molar-refractivity contribution in [3.63, 3.8) is 0 Å². The lowest BCUT2D eigenvalue weighted by Crippen LogP contribution is -2.30. The Kier molecular flexibility index (Phi) is 3.40. The summed E-state index contributed by atoms with van der Waals surface area (Å²) in [4.78, 5) is 0. The molecule has 0 amide bonds. The molecule has 0 N–H and O–H groups in total. The molecule has 2 aromatic rings. The van der Waals surface area contributed by atoms with E-state index in [9.17, 15) is 4.21 Å². The summed E-state index contributed by atoms with van der Waals surface area (Å²) in [5, 5.41) is 0.0661. The van der Waals surface area contributed by atoms with Gasteiger partial charge >= 0.3 is 0 Å². The molecular weight excluding hydrogens is 280 g/mol. The van der Waals surface area contributed by atoms with Crippen LogP contribution in [0.1, 0.15) is 33.4 Å². The SMILES string of the molecule is O=S1CCc2ccccc2C1C1COCc2ccccc21. The Bertz CT molecular complexity index is 695. The van der Waals surface area contributed by atoms with Gasteiger partial charge in [0.05, 0.1) is 18.5 Å². The molecule has 21 heavy (non-hydrogen) atoms. The van der Waals surface area contributed by atoms with Crippen LogP contribution >= 0.6 is 0 Å². The van der Waals surface area contributed by atoms with Gasteiger partial charge in [-0.1, -0.05) is 48.5 Å². The molecule has 0 bridgehead atoms. The first-order valence-corrected chi connectivity index (χ1v) is 8.83. The summed E-state index contributed by atoms with van der Waals surface area (Å²) in [6, 6.07) is 16.9. The van der Waals surface area contributed by atoms with E-state index in [0.717, 1.165) is 12.2 Å². The molecule has 3 unspecified atom stereocenters. The second-order valence-corrected chi connectivity index (χ2v) is 7.45. The highest BCUT2D eigenvalue weighted by molar-refractivity contribution is 7.85. The lowest BCUT2D eigenvalue weighted by molar-refractivity contribution is 0.0897. The normalized spacial score (nSPS) is 27.7. The second kappa shape index (κ2) is 5.39. The monoisotopic (exact) mass is 298 g/mol. The number of ether oxygens (including phenoxy) is 1. The highest BCUT2D eigenvalue weighted by Crippen LogP contribution is 2.43. The predicted octanol–water partition coefficient (Wildman–Crippen LogP) is 3.35. The number of hydrogen-bond donors (Lipinski definition) is 0. The van der Waals surface area contributed by atoms with Crippen LogP contribution in [0.25, 0.3) is 0 Å². The van der Waals surface area contributed by atoms with Gasteiger partial charge in [-0.25, -0.2) is 0 Å². The van der Waals surface area contributed by atoms with Crippen LogP contribution in [0.15, 0.2) is 48.5 Å². The largest absolute Gasteiger partial charge is 0.376 e. The molecule has 3 atom stereocenters.